The molecule has 0 aromatic heterocycles. The predicted octanol–water partition coefficient (Wildman–Crippen LogP) is 0.600. The molecule has 0 radical (unpaired) electrons. The van der Waals surface area contributed by atoms with E-state index in [4.69, 9.17) is 25.1 Å². The number of rotatable bonds is 8. The van der Waals surface area contributed by atoms with Crippen molar-refractivity contribution < 1.29 is 33.7 Å². The van der Waals surface area contributed by atoms with Crippen LogP contribution in [0.1, 0.15) is 16.8 Å². The number of nitrogens with zero attached hydrogens (tertiary/aromatic N) is 1. The van der Waals surface area contributed by atoms with E-state index in [-0.39, 0.29) is 41.7 Å². The quantitative estimate of drug-likeness (QED) is 0.651. The number of primary amides is 1. The van der Waals surface area contributed by atoms with Crippen molar-refractivity contribution in [3.63, 3.8) is 0 Å². The zero-order valence-corrected chi connectivity index (χ0v) is 15.9. The molecule has 1 aliphatic heterocycles. The number of thioether (sulfide) groups is 1. The van der Waals surface area contributed by atoms with Gasteiger partial charge >= 0.3 is 5.97 Å². The highest BCUT2D eigenvalue weighted by molar-refractivity contribution is 7.99. The first-order chi connectivity index (χ1) is 12.9. The van der Waals surface area contributed by atoms with E-state index in [2.05, 4.69) is 0 Å². The summed E-state index contributed by atoms with van der Waals surface area (Å²) >= 11 is 1.62. The third-order valence-electron chi connectivity index (χ3n) is 3.96. The average molecular weight is 398 g/mol. The Bertz CT molecular complexity index is 700. The maximum atomic E-state index is 13.0. The minimum absolute atomic E-state index is 0.118. The molecule has 1 unspecified atom stereocenters. The second-order valence-electron chi connectivity index (χ2n) is 5.79. The van der Waals surface area contributed by atoms with E-state index in [0.717, 1.165) is 5.75 Å². The molecule has 3 N–H and O–H groups in total. The Morgan fingerprint density at radius 1 is 1.26 bits per heavy atom. The van der Waals surface area contributed by atoms with Crippen LogP contribution in [0.25, 0.3) is 0 Å². The molecule has 1 aliphatic rings. The smallest absolute Gasteiger partial charge is 0.305 e. The van der Waals surface area contributed by atoms with Crippen LogP contribution >= 0.6 is 11.8 Å². The molecule has 0 saturated carbocycles. The van der Waals surface area contributed by atoms with E-state index in [1.54, 1.807) is 16.7 Å². The molecule has 27 heavy (non-hydrogen) atoms. The van der Waals surface area contributed by atoms with Crippen LogP contribution in [-0.4, -0.2) is 72.7 Å². The monoisotopic (exact) mass is 398 g/mol. The molecule has 1 atom stereocenters. The number of methoxy groups -OCH3 is 2. The number of hydrogen-bond donors (Lipinski definition) is 2. The molecule has 2 rings (SSSR count). The van der Waals surface area contributed by atoms with Gasteiger partial charge in [0.05, 0.1) is 26.7 Å². The maximum absolute atomic E-state index is 13.0. The van der Waals surface area contributed by atoms with Gasteiger partial charge in [0, 0.05) is 23.6 Å². The van der Waals surface area contributed by atoms with Crippen LogP contribution in [0.5, 0.6) is 17.2 Å². The average Bonchev–Trinajstić information content (AvgIpc) is 2.64. The van der Waals surface area contributed by atoms with E-state index >= 15 is 0 Å². The molecule has 1 aromatic rings. The van der Waals surface area contributed by atoms with Gasteiger partial charge < -0.3 is 30.0 Å². The number of ether oxygens (including phenoxy) is 3. The standard InChI is InChI=1S/C17H22N2O7S/c1-24-12-5-10(6-13(25-2)16(12)26-8-14(18)20)17(23)19-3-4-27-9-11(19)7-15(21)22/h5-6,11H,3-4,7-9H2,1-2H3,(H2,18,20)(H,21,22). The third-order valence-corrected chi connectivity index (χ3v) is 5.06. The van der Waals surface area contributed by atoms with Gasteiger partial charge in [0.1, 0.15) is 0 Å². The Hall–Kier alpha value is -2.62. The minimum atomic E-state index is -0.953. The van der Waals surface area contributed by atoms with Crippen molar-refractivity contribution in [1.29, 1.82) is 0 Å². The van der Waals surface area contributed by atoms with Crippen molar-refractivity contribution in [2.24, 2.45) is 5.73 Å². The zero-order chi connectivity index (χ0) is 20.0. The Balaban J connectivity index is 2.34. The van der Waals surface area contributed by atoms with Crippen molar-refractivity contribution in [3.05, 3.63) is 17.7 Å². The number of nitrogens with two attached hydrogens (primary N) is 1. The lowest BCUT2D eigenvalue weighted by Gasteiger charge is -2.34. The van der Waals surface area contributed by atoms with Gasteiger partial charge in [-0.1, -0.05) is 0 Å². The summed E-state index contributed by atoms with van der Waals surface area (Å²) in [6, 6.07) is 2.55. The number of hydrogen-bond acceptors (Lipinski definition) is 7. The molecular weight excluding hydrogens is 376 g/mol. The largest absolute Gasteiger partial charge is 0.493 e. The van der Waals surface area contributed by atoms with E-state index in [9.17, 15) is 14.4 Å². The molecule has 0 bridgehead atoms. The van der Waals surface area contributed by atoms with E-state index in [0.29, 0.717) is 12.3 Å². The molecule has 0 spiro atoms. The van der Waals surface area contributed by atoms with Crippen molar-refractivity contribution in [2.75, 3.05) is 38.9 Å². The minimum Gasteiger partial charge on any atom is -0.493 e. The van der Waals surface area contributed by atoms with E-state index < -0.39 is 17.9 Å². The molecule has 1 heterocycles. The van der Waals surface area contributed by atoms with Crippen molar-refractivity contribution in [1.82, 2.24) is 4.90 Å². The number of benzene rings is 1. The van der Waals surface area contributed by atoms with Crippen LogP contribution in [0, 0.1) is 0 Å². The zero-order valence-electron chi connectivity index (χ0n) is 15.1. The summed E-state index contributed by atoms with van der Waals surface area (Å²) in [5.41, 5.74) is 5.37. The summed E-state index contributed by atoms with van der Waals surface area (Å²) in [7, 11) is 2.79. The number of amides is 2. The summed E-state index contributed by atoms with van der Waals surface area (Å²) in [6.07, 6.45) is -0.118. The van der Waals surface area contributed by atoms with Crippen LogP contribution in [0.2, 0.25) is 0 Å². The molecule has 10 heteroatoms. The van der Waals surface area contributed by atoms with Crippen LogP contribution in [0.4, 0.5) is 0 Å². The highest BCUT2D eigenvalue weighted by Gasteiger charge is 2.30. The van der Waals surface area contributed by atoms with Crippen LogP contribution in [0.3, 0.4) is 0 Å². The summed E-state index contributed by atoms with van der Waals surface area (Å²) in [5.74, 6) is -0.0686. The highest BCUT2D eigenvalue weighted by Crippen LogP contribution is 2.39. The van der Waals surface area contributed by atoms with Crippen LogP contribution in [-0.2, 0) is 9.59 Å². The number of aliphatic carboxylic acids is 1. The van der Waals surface area contributed by atoms with Gasteiger partial charge in [-0.15, -0.1) is 0 Å². The fourth-order valence-electron chi connectivity index (χ4n) is 2.75. The van der Waals surface area contributed by atoms with Gasteiger partial charge in [0.25, 0.3) is 11.8 Å². The lowest BCUT2D eigenvalue weighted by Crippen LogP contribution is -2.47. The van der Waals surface area contributed by atoms with Crippen molar-refractivity contribution in [3.8, 4) is 17.2 Å². The predicted molar refractivity (Wildman–Crippen MR) is 98.6 cm³/mol. The number of carboxylic acid groups (broad SMARTS) is 1. The molecule has 1 aromatic carbocycles. The highest BCUT2D eigenvalue weighted by atomic mass is 32.2. The molecule has 0 aliphatic carbocycles. The maximum Gasteiger partial charge on any atom is 0.305 e. The topological polar surface area (TPSA) is 128 Å². The SMILES string of the molecule is COc1cc(C(=O)N2CCSCC2CC(=O)O)cc(OC)c1OCC(N)=O. The second-order valence-corrected chi connectivity index (χ2v) is 6.94. The molecular formula is C17H22N2O7S. The lowest BCUT2D eigenvalue weighted by atomic mass is 10.1. The third kappa shape index (κ3) is 5.19. The molecule has 1 fully saturated rings. The number of carbonyl (C=O) groups excluding carboxylic acids is 2. The lowest BCUT2D eigenvalue weighted by molar-refractivity contribution is -0.138. The Morgan fingerprint density at radius 3 is 2.41 bits per heavy atom. The molecule has 148 valence electrons. The van der Waals surface area contributed by atoms with Crippen molar-refractivity contribution in [2.45, 2.75) is 12.5 Å². The fourth-order valence-corrected chi connectivity index (χ4v) is 3.81. The van der Waals surface area contributed by atoms with E-state index in [1.165, 1.54) is 26.4 Å². The van der Waals surface area contributed by atoms with Gasteiger partial charge in [-0.3, -0.25) is 14.4 Å². The van der Waals surface area contributed by atoms with Gasteiger partial charge in [-0.05, 0) is 12.1 Å². The van der Waals surface area contributed by atoms with Gasteiger partial charge in [-0.2, -0.15) is 11.8 Å². The summed E-state index contributed by atoms with van der Waals surface area (Å²) < 4.78 is 15.9. The van der Waals surface area contributed by atoms with Gasteiger partial charge in [0.15, 0.2) is 18.1 Å². The van der Waals surface area contributed by atoms with E-state index in [1.807, 2.05) is 0 Å². The summed E-state index contributed by atoms with van der Waals surface area (Å²) in [5, 5.41) is 9.10. The van der Waals surface area contributed by atoms with Crippen molar-refractivity contribution >= 4 is 29.5 Å². The Morgan fingerprint density at radius 2 is 1.89 bits per heavy atom. The first kappa shape index (κ1) is 20.7. The summed E-state index contributed by atoms with van der Waals surface area (Å²) in [4.78, 5) is 36.6. The van der Waals surface area contributed by atoms with Gasteiger partial charge in [-0.25, -0.2) is 0 Å². The second kappa shape index (κ2) is 9.36. The Kier molecular flexibility index (Phi) is 7.17. The first-order valence-electron chi connectivity index (χ1n) is 8.15. The molecule has 2 amide bonds. The normalized spacial score (nSPS) is 16.5. The summed E-state index contributed by atoms with van der Waals surface area (Å²) in [6.45, 7) is 0.0794. The fraction of sp³-hybridized carbons (Fsp3) is 0.471. The number of carboxylic acids is 1. The number of carbonyl (C=O) groups is 3. The first-order valence-corrected chi connectivity index (χ1v) is 9.30. The molecule has 9 nitrogen and oxygen atoms in total. The Labute approximate surface area is 160 Å². The van der Waals surface area contributed by atoms with Crippen LogP contribution < -0.4 is 19.9 Å². The molecule has 1 saturated heterocycles. The van der Waals surface area contributed by atoms with Crippen LogP contribution in [0.15, 0.2) is 12.1 Å². The van der Waals surface area contributed by atoms with Gasteiger partial charge in [0.2, 0.25) is 5.75 Å².